The number of rotatable bonds is 5. The van der Waals surface area contributed by atoms with Gasteiger partial charge >= 0.3 is 12.3 Å². The van der Waals surface area contributed by atoms with Crippen LogP contribution in [0.5, 0.6) is 11.5 Å². The van der Waals surface area contributed by atoms with E-state index in [9.17, 15) is 23.1 Å². The van der Waals surface area contributed by atoms with Gasteiger partial charge in [0.05, 0.1) is 0 Å². The Morgan fingerprint density at radius 3 is 2.33 bits per heavy atom. The fourth-order valence-electron chi connectivity index (χ4n) is 2.75. The standard InChI is InChI=1S/C20H15F3O4/c1-12-3-2-4-16-15(12)9-10-17(19(24)25)18(16)26-11-13-5-7-14(8-6-13)27-20(21,22)23/h2-10H,11H2,1H3,(H,24,25). The van der Waals surface area contributed by atoms with Crippen LogP contribution in [-0.4, -0.2) is 17.4 Å². The maximum absolute atomic E-state index is 12.2. The molecule has 3 aromatic rings. The third-order valence-corrected chi connectivity index (χ3v) is 4.00. The van der Waals surface area contributed by atoms with E-state index in [4.69, 9.17) is 4.74 Å². The fraction of sp³-hybridized carbons (Fsp3) is 0.150. The number of aromatic carboxylic acids is 1. The molecule has 0 aliphatic heterocycles. The van der Waals surface area contributed by atoms with E-state index in [2.05, 4.69) is 4.74 Å². The minimum Gasteiger partial charge on any atom is -0.487 e. The van der Waals surface area contributed by atoms with E-state index in [0.29, 0.717) is 10.9 Å². The second kappa shape index (κ2) is 7.19. The Hall–Kier alpha value is -3.22. The zero-order valence-electron chi connectivity index (χ0n) is 14.2. The van der Waals surface area contributed by atoms with Crippen molar-refractivity contribution in [3.8, 4) is 11.5 Å². The topological polar surface area (TPSA) is 55.8 Å². The first-order valence-corrected chi connectivity index (χ1v) is 7.98. The highest BCUT2D eigenvalue weighted by molar-refractivity contribution is 6.01. The summed E-state index contributed by atoms with van der Waals surface area (Å²) < 4.78 is 46.2. The van der Waals surface area contributed by atoms with Crippen molar-refractivity contribution in [2.24, 2.45) is 0 Å². The molecule has 0 saturated carbocycles. The highest BCUT2D eigenvalue weighted by Crippen LogP contribution is 2.32. The van der Waals surface area contributed by atoms with Crippen molar-refractivity contribution >= 4 is 16.7 Å². The van der Waals surface area contributed by atoms with Gasteiger partial charge in [0.25, 0.3) is 0 Å². The molecule has 7 heteroatoms. The van der Waals surface area contributed by atoms with Crippen molar-refractivity contribution in [3.05, 3.63) is 71.3 Å². The van der Waals surface area contributed by atoms with Crippen molar-refractivity contribution in [2.75, 3.05) is 0 Å². The van der Waals surface area contributed by atoms with Gasteiger partial charge in [-0.15, -0.1) is 13.2 Å². The molecule has 3 rings (SSSR count). The van der Waals surface area contributed by atoms with Gasteiger partial charge < -0.3 is 14.6 Å². The first kappa shape index (κ1) is 18.6. The van der Waals surface area contributed by atoms with Gasteiger partial charge in [-0.05, 0) is 41.6 Å². The van der Waals surface area contributed by atoms with Crippen LogP contribution in [0.1, 0.15) is 21.5 Å². The quantitative estimate of drug-likeness (QED) is 0.654. The van der Waals surface area contributed by atoms with E-state index in [1.54, 1.807) is 18.2 Å². The SMILES string of the molecule is Cc1cccc2c(OCc3ccc(OC(F)(F)F)cc3)c(C(=O)O)ccc12. The summed E-state index contributed by atoms with van der Waals surface area (Å²) in [6.45, 7) is 1.91. The number of hydrogen-bond acceptors (Lipinski definition) is 3. The van der Waals surface area contributed by atoms with Crippen molar-refractivity contribution < 1.29 is 32.5 Å². The van der Waals surface area contributed by atoms with Crippen LogP contribution in [-0.2, 0) is 6.61 Å². The predicted octanol–water partition coefficient (Wildman–Crippen LogP) is 5.32. The summed E-state index contributed by atoms with van der Waals surface area (Å²) in [4.78, 5) is 11.5. The summed E-state index contributed by atoms with van der Waals surface area (Å²) in [5, 5.41) is 11.0. The highest BCUT2D eigenvalue weighted by Gasteiger charge is 2.30. The third-order valence-electron chi connectivity index (χ3n) is 4.00. The van der Waals surface area contributed by atoms with Crippen LogP contribution in [0.25, 0.3) is 10.8 Å². The Bertz CT molecular complexity index is 979. The van der Waals surface area contributed by atoms with Crippen LogP contribution >= 0.6 is 0 Å². The maximum Gasteiger partial charge on any atom is 0.573 e. The molecular weight excluding hydrogens is 361 g/mol. The molecule has 0 atom stereocenters. The lowest BCUT2D eigenvalue weighted by molar-refractivity contribution is -0.274. The molecule has 0 bridgehead atoms. The van der Waals surface area contributed by atoms with Crippen molar-refractivity contribution in [3.63, 3.8) is 0 Å². The van der Waals surface area contributed by atoms with Gasteiger partial charge in [0, 0.05) is 5.39 Å². The number of fused-ring (bicyclic) bond motifs is 1. The van der Waals surface area contributed by atoms with Crippen LogP contribution in [0.4, 0.5) is 13.2 Å². The van der Waals surface area contributed by atoms with Crippen LogP contribution < -0.4 is 9.47 Å². The monoisotopic (exact) mass is 376 g/mol. The molecule has 0 fully saturated rings. The smallest absolute Gasteiger partial charge is 0.487 e. The van der Waals surface area contributed by atoms with E-state index in [0.717, 1.165) is 10.9 Å². The van der Waals surface area contributed by atoms with Crippen LogP contribution in [0, 0.1) is 6.92 Å². The molecule has 0 amide bonds. The Morgan fingerprint density at radius 1 is 1.00 bits per heavy atom. The average molecular weight is 376 g/mol. The molecule has 140 valence electrons. The van der Waals surface area contributed by atoms with Gasteiger partial charge in [-0.2, -0.15) is 0 Å². The van der Waals surface area contributed by atoms with Gasteiger partial charge in [0.1, 0.15) is 23.7 Å². The zero-order chi connectivity index (χ0) is 19.6. The number of aryl methyl sites for hydroxylation is 1. The first-order chi connectivity index (χ1) is 12.7. The lowest BCUT2D eigenvalue weighted by Gasteiger charge is -2.14. The molecule has 4 nitrogen and oxygen atoms in total. The predicted molar refractivity (Wildman–Crippen MR) is 93.1 cm³/mol. The van der Waals surface area contributed by atoms with E-state index >= 15 is 0 Å². The number of halogens is 3. The third kappa shape index (κ3) is 4.31. The van der Waals surface area contributed by atoms with E-state index in [1.807, 2.05) is 13.0 Å². The molecule has 0 unspecified atom stereocenters. The van der Waals surface area contributed by atoms with Gasteiger partial charge in [0.15, 0.2) is 0 Å². The van der Waals surface area contributed by atoms with Crippen LogP contribution in [0.3, 0.4) is 0 Å². The minimum atomic E-state index is -4.75. The zero-order valence-corrected chi connectivity index (χ0v) is 14.2. The number of hydrogen-bond donors (Lipinski definition) is 1. The molecule has 0 spiro atoms. The molecule has 0 saturated heterocycles. The summed E-state index contributed by atoms with van der Waals surface area (Å²) in [5.41, 5.74) is 1.57. The van der Waals surface area contributed by atoms with Crippen LogP contribution in [0.2, 0.25) is 0 Å². The number of benzene rings is 3. The first-order valence-electron chi connectivity index (χ1n) is 7.98. The summed E-state index contributed by atoms with van der Waals surface area (Å²) in [7, 11) is 0. The summed E-state index contributed by atoms with van der Waals surface area (Å²) >= 11 is 0. The van der Waals surface area contributed by atoms with E-state index in [-0.39, 0.29) is 23.7 Å². The molecule has 0 heterocycles. The van der Waals surface area contributed by atoms with E-state index < -0.39 is 12.3 Å². The number of carboxylic acid groups (broad SMARTS) is 1. The van der Waals surface area contributed by atoms with Crippen molar-refractivity contribution in [1.29, 1.82) is 0 Å². The summed E-state index contributed by atoms with van der Waals surface area (Å²) in [6, 6.07) is 13.9. The molecular formula is C20H15F3O4. The molecule has 0 aromatic heterocycles. The normalized spacial score (nSPS) is 11.4. The molecule has 3 aromatic carbocycles. The molecule has 1 N–H and O–H groups in total. The summed E-state index contributed by atoms with van der Waals surface area (Å²) in [5.74, 6) is -1.24. The molecule has 0 aliphatic carbocycles. The van der Waals surface area contributed by atoms with Gasteiger partial charge in [-0.25, -0.2) is 4.79 Å². The second-order valence-corrected chi connectivity index (χ2v) is 5.90. The fourth-order valence-corrected chi connectivity index (χ4v) is 2.75. The number of ether oxygens (including phenoxy) is 2. The Morgan fingerprint density at radius 2 is 1.70 bits per heavy atom. The van der Waals surface area contributed by atoms with Gasteiger partial charge in [0.2, 0.25) is 0 Å². The largest absolute Gasteiger partial charge is 0.573 e. The highest BCUT2D eigenvalue weighted by atomic mass is 19.4. The Labute approximate surface area is 152 Å². The van der Waals surface area contributed by atoms with E-state index in [1.165, 1.54) is 30.3 Å². The second-order valence-electron chi connectivity index (χ2n) is 5.90. The average Bonchev–Trinajstić information content (AvgIpc) is 2.59. The van der Waals surface area contributed by atoms with Gasteiger partial charge in [-0.3, -0.25) is 0 Å². The lowest BCUT2D eigenvalue weighted by atomic mass is 10.0. The van der Waals surface area contributed by atoms with Crippen LogP contribution in [0.15, 0.2) is 54.6 Å². The van der Waals surface area contributed by atoms with Crippen molar-refractivity contribution in [1.82, 2.24) is 0 Å². The molecule has 27 heavy (non-hydrogen) atoms. The Kier molecular flexibility index (Phi) is 4.94. The van der Waals surface area contributed by atoms with Crippen molar-refractivity contribution in [2.45, 2.75) is 19.9 Å². The molecule has 0 aliphatic rings. The lowest BCUT2D eigenvalue weighted by Crippen LogP contribution is -2.17. The number of carboxylic acids is 1. The van der Waals surface area contributed by atoms with Gasteiger partial charge in [-0.1, -0.05) is 36.4 Å². The number of carbonyl (C=O) groups is 1. The maximum atomic E-state index is 12.2. The summed E-state index contributed by atoms with van der Waals surface area (Å²) in [6.07, 6.45) is -4.75. The number of alkyl halides is 3. The Balaban J connectivity index is 1.87. The molecule has 0 radical (unpaired) electrons. The minimum absolute atomic E-state index is 0.000364.